The van der Waals surface area contributed by atoms with Gasteiger partial charge >= 0.3 is 5.97 Å². The van der Waals surface area contributed by atoms with Crippen LogP contribution in [0.3, 0.4) is 0 Å². The Kier molecular flexibility index (Phi) is 10.1. The van der Waals surface area contributed by atoms with Gasteiger partial charge in [0.15, 0.2) is 11.7 Å². The van der Waals surface area contributed by atoms with Crippen LogP contribution in [0.25, 0.3) is 0 Å². The zero-order valence-electron chi connectivity index (χ0n) is 23.1. The number of thiocarbonyl (C=S) groups is 1. The summed E-state index contributed by atoms with van der Waals surface area (Å²) >= 11 is 5.31. The first-order valence-electron chi connectivity index (χ1n) is 13.1. The second-order valence-electron chi connectivity index (χ2n) is 9.26. The Hall–Kier alpha value is -4.70. The van der Waals surface area contributed by atoms with Gasteiger partial charge in [0.25, 0.3) is 5.91 Å². The molecule has 0 fully saturated rings. The van der Waals surface area contributed by atoms with Crippen molar-refractivity contribution in [1.82, 2.24) is 16.1 Å². The third-order valence-electron chi connectivity index (χ3n) is 6.12. The Labute approximate surface area is 244 Å². The van der Waals surface area contributed by atoms with E-state index in [-0.39, 0.29) is 13.2 Å². The molecule has 0 saturated heterocycles. The minimum Gasteiger partial charge on any atom is -0.489 e. The van der Waals surface area contributed by atoms with Gasteiger partial charge < -0.3 is 24.8 Å². The van der Waals surface area contributed by atoms with Crippen molar-refractivity contribution in [2.75, 3.05) is 13.2 Å². The summed E-state index contributed by atoms with van der Waals surface area (Å²) in [5, 5.41) is 10.5. The van der Waals surface area contributed by atoms with Crippen molar-refractivity contribution in [2.24, 2.45) is 5.10 Å². The average Bonchev–Trinajstić information content (AvgIpc) is 2.95. The normalized spacial score (nSPS) is 14.7. The van der Waals surface area contributed by atoms with Crippen LogP contribution in [0.2, 0.25) is 0 Å². The zero-order valence-corrected chi connectivity index (χ0v) is 23.9. The maximum Gasteiger partial charge on any atom is 0.338 e. The van der Waals surface area contributed by atoms with Crippen molar-refractivity contribution in [3.63, 3.8) is 0 Å². The summed E-state index contributed by atoms with van der Waals surface area (Å²) in [6, 6.07) is 22.1. The van der Waals surface area contributed by atoms with Crippen molar-refractivity contribution in [3.8, 4) is 11.5 Å². The minimum absolute atomic E-state index is 0.234. The predicted molar refractivity (Wildman–Crippen MR) is 161 cm³/mol. The maximum absolute atomic E-state index is 12.7. The number of hydrogen-bond acceptors (Lipinski definition) is 7. The SMILES string of the molecule is CCOC(=O)C1=C(C)NC(=S)N[C@H]1c1ccccc1OCC(=O)NN=Cc1ccc(OCc2cccc(C)c2)cc1. The van der Waals surface area contributed by atoms with E-state index < -0.39 is 17.9 Å². The molecule has 3 N–H and O–H groups in total. The molecule has 3 aromatic rings. The summed E-state index contributed by atoms with van der Waals surface area (Å²) in [5.41, 5.74) is 7.16. The number of benzene rings is 3. The van der Waals surface area contributed by atoms with Crippen LogP contribution in [0.4, 0.5) is 0 Å². The fraction of sp³-hybridized carbons (Fsp3) is 0.226. The lowest BCUT2D eigenvalue weighted by atomic mass is 9.95. The topological polar surface area (TPSA) is 110 Å². The number of ether oxygens (including phenoxy) is 3. The summed E-state index contributed by atoms with van der Waals surface area (Å²) in [7, 11) is 0. The lowest BCUT2D eigenvalue weighted by molar-refractivity contribution is -0.139. The molecule has 212 valence electrons. The molecular weight excluding hydrogens is 540 g/mol. The Morgan fingerprint density at radius 2 is 1.80 bits per heavy atom. The molecule has 1 aliphatic heterocycles. The van der Waals surface area contributed by atoms with Crippen molar-refractivity contribution < 1.29 is 23.8 Å². The standard InChI is InChI=1S/C31H32N4O5S/c1-4-38-30(37)28-21(3)33-31(41)34-29(28)25-10-5-6-11-26(25)40-19-27(36)35-32-17-22-12-14-24(15-13-22)39-18-23-9-7-8-20(2)16-23/h5-17,29H,4,18-19H2,1-3H3,(H,35,36)(H2,33,34,41)/t29-/m0/s1. The summed E-state index contributed by atoms with van der Waals surface area (Å²) in [5.74, 6) is 0.245. The number of rotatable bonds is 11. The monoisotopic (exact) mass is 572 g/mol. The minimum atomic E-state index is -0.608. The van der Waals surface area contributed by atoms with Crippen LogP contribution >= 0.6 is 12.2 Å². The molecule has 0 radical (unpaired) electrons. The van der Waals surface area contributed by atoms with E-state index in [0.29, 0.717) is 34.3 Å². The molecule has 0 aromatic heterocycles. The number of para-hydroxylation sites is 1. The van der Waals surface area contributed by atoms with Crippen molar-refractivity contribution in [1.29, 1.82) is 0 Å². The molecule has 1 aliphatic rings. The van der Waals surface area contributed by atoms with Crippen LogP contribution in [0.15, 0.2) is 89.2 Å². The van der Waals surface area contributed by atoms with Gasteiger partial charge in [-0.3, -0.25) is 4.79 Å². The van der Waals surface area contributed by atoms with E-state index in [9.17, 15) is 9.59 Å². The van der Waals surface area contributed by atoms with Gasteiger partial charge in [-0.2, -0.15) is 5.10 Å². The second kappa shape index (κ2) is 14.1. The van der Waals surface area contributed by atoms with Gasteiger partial charge in [-0.15, -0.1) is 0 Å². The van der Waals surface area contributed by atoms with Gasteiger partial charge in [-0.1, -0.05) is 48.0 Å². The largest absolute Gasteiger partial charge is 0.489 e. The summed E-state index contributed by atoms with van der Waals surface area (Å²) in [6.45, 7) is 5.98. The molecule has 0 spiro atoms. The van der Waals surface area contributed by atoms with Gasteiger partial charge in [0.2, 0.25) is 0 Å². The quantitative estimate of drug-likeness (QED) is 0.134. The smallest absolute Gasteiger partial charge is 0.338 e. The van der Waals surface area contributed by atoms with Gasteiger partial charge in [0, 0.05) is 11.3 Å². The number of nitrogens with one attached hydrogen (secondary N) is 3. The van der Waals surface area contributed by atoms with Crippen LogP contribution in [0, 0.1) is 6.92 Å². The Morgan fingerprint density at radius 3 is 2.56 bits per heavy atom. The van der Waals surface area contributed by atoms with Gasteiger partial charge in [-0.25, -0.2) is 10.2 Å². The highest BCUT2D eigenvalue weighted by Gasteiger charge is 2.32. The summed E-state index contributed by atoms with van der Waals surface area (Å²) < 4.78 is 16.9. The number of carbonyl (C=O) groups is 2. The molecule has 3 aromatic carbocycles. The number of nitrogens with zero attached hydrogens (tertiary/aromatic N) is 1. The second-order valence-corrected chi connectivity index (χ2v) is 9.67. The highest BCUT2D eigenvalue weighted by atomic mass is 32.1. The van der Waals surface area contributed by atoms with Gasteiger partial charge in [0.05, 0.1) is 24.4 Å². The molecule has 41 heavy (non-hydrogen) atoms. The van der Waals surface area contributed by atoms with Crippen LogP contribution < -0.4 is 25.5 Å². The Bertz CT molecular complexity index is 1470. The molecule has 0 saturated carbocycles. The molecule has 0 aliphatic carbocycles. The summed E-state index contributed by atoms with van der Waals surface area (Å²) in [4.78, 5) is 25.2. The molecule has 1 atom stereocenters. The first kappa shape index (κ1) is 29.3. The fourth-order valence-electron chi connectivity index (χ4n) is 4.23. The number of amides is 1. The first-order chi connectivity index (χ1) is 19.8. The first-order valence-corrected chi connectivity index (χ1v) is 13.5. The average molecular weight is 573 g/mol. The van der Waals surface area contributed by atoms with Crippen LogP contribution in [-0.2, 0) is 20.9 Å². The molecule has 0 bridgehead atoms. The fourth-order valence-corrected chi connectivity index (χ4v) is 4.50. The third kappa shape index (κ3) is 8.15. The molecule has 10 heteroatoms. The maximum atomic E-state index is 12.7. The number of hydrogen-bond donors (Lipinski definition) is 3. The molecule has 0 unspecified atom stereocenters. The molecular formula is C31H32N4O5S. The van der Waals surface area contributed by atoms with E-state index in [1.807, 2.05) is 55.5 Å². The van der Waals surface area contributed by atoms with E-state index in [0.717, 1.165) is 16.9 Å². The number of aryl methyl sites for hydroxylation is 1. The highest BCUT2D eigenvalue weighted by molar-refractivity contribution is 7.80. The van der Waals surface area contributed by atoms with Crippen molar-refractivity contribution in [3.05, 3.63) is 106 Å². The van der Waals surface area contributed by atoms with E-state index in [2.05, 4.69) is 27.2 Å². The lowest BCUT2D eigenvalue weighted by Gasteiger charge is -2.30. The number of hydrazone groups is 1. The summed E-state index contributed by atoms with van der Waals surface area (Å²) in [6.07, 6.45) is 1.54. The van der Waals surface area contributed by atoms with Gasteiger partial charge in [-0.05, 0) is 74.4 Å². The molecule has 1 amide bonds. The molecule has 9 nitrogen and oxygen atoms in total. The van der Waals surface area contributed by atoms with E-state index in [4.69, 9.17) is 26.4 Å². The van der Waals surface area contributed by atoms with E-state index in [1.165, 1.54) is 11.8 Å². The van der Waals surface area contributed by atoms with Crippen LogP contribution in [0.1, 0.15) is 42.1 Å². The molecule has 1 heterocycles. The molecule has 4 rings (SSSR count). The zero-order chi connectivity index (χ0) is 29.2. The lowest BCUT2D eigenvalue weighted by Crippen LogP contribution is -2.45. The number of allylic oxidation sites excluding steroid dienone is 1. The Morgan fingerprint density at radius 1 is 1.02 bits per heavy atom. The highest BCUT2D eigenvalue weighted by Crippen LogP contribution is 2.33. The predicted octanol–water partition coefficient (Wildman–Crippen LogP) is 4.46. The van der Waals surface area contributed by atoms with E-state index >= 15 is 0 Å². The van der Waals surface area contributed by atoms with E-state index in [1.54, 1.807) is 32.0 Å². The van der Waals surface area contributed by atoms with Crippen molar-refractivity contribution >= 4 is 35.4 Å². The van der Waals surface area contributed by atoms with Crippen molar-refractivity contribution in [2.45, 2.75) is 33.4 Å². The number of carbonyl (C=O) groups excluding carboxylic acids is 2. The van der Waals surface area contributed by atoms with Crippen LogP contribution in [-0.4, -0.2) is 36.4 Å². The van der Waals surface area contributed by atoms with Crippen LogP contribution in [0.5, 0.6) is 11.5 Å². The number of esters is 1. The third-order valence-corrected chi connectivity index (χ3v) is 6.34. The van der Waals surface area contributed by atoms with Gasteiger partial charge in [0.1, 0.15) is 18.1 Å². The Balaban J connectivity index is 1.32.